The molecule has 1 N–H and O–H groups in total. The van der Waals surface area contributed by atoms with Gasteiger partial charge in [-0.15, -0.1) is 0 Å². The molecule has 7 nitrogen and oxygen atoms in total. The number of para-hydroxylation sites is 1. The van der Waals surface area contributed by atoms with Crippen molar-refractivity contribution in [2.24, 2.45) is 11.8 Å². The van der Waals surface area contributed by atoms with Crippen LogP contribution in [0.1, 0.15) is 52.2 Å². The van der Waals surface area contributed by atoms with Gasteiger partial charge < -0.3 is 10.1 Å². The molecule has 7 heteroatoms. The van der Waals surface area contributed by atoms with Crippen LogP contribution in [-0.4, -0.2) is 30.3 Å². The smallest absolute Gasteiger partial charge is 0.338 e. The van der Waals surface area contributed by atoms with E-state index in [-0.39, 0.29) is 35.1 Å². The minimum Gasteiger partial charge on any atom is -0.452 e. The van der Waals surface area contributed by atoms with E-state index in [1.165, 1.54) is 16.5 Å². The van der Waals surface area contributed by atoms with Crippen LogP contribution < -0.4 is 10.2 Å². The second-order valence-corrected chi connectivity index (χ2v) is 10.1. The molecule has 2 aliphatic rings. The number of imide groups is 1. The van der Waals surface area contributed by atoms with Gasteiger partial charge in [-0.25, -0.2) is 4.79 Å². The SMILES string of the molecule is Cc1cccc(C)c1NC(=O)COC(=O)c1cccc(N2C(=O)[C@@H]3CC[C@@H](c4ccccc4)C[C@H]3C2=O)c1. The first-order valence-electron chi connectivity index (χ1n) is 12.9. The number of carbonyl (C=O) groups excluding carboxylic acids is 4. The summed E-state index contributed by atoms with van der Waals surface area (Å²) in [6, 6.07) is 22.1. The third-order valence-corrected chi connectivity index (χ3v) is 7.62. The van der Waals surface area contributed by atoms with E-state index < -0.39 is 18.5 Å². The minimum atomic E-state index is -0.704. The maximum absolute atomic E-state index is 13.4. The van der Waals surface area contributed by atoms with E-state index in [1.807, 2.05) is 50.2 Å². The third kappa shape index (κ3) is 4.96. The first kappa shape index (κ1) is 25.4. The summed E-state index contributed by atoms with van der Waals surface area (Å²) in [6.45, 7) is 3.32. The molecule has 1 saturated heterocycles. The molecule has 5 rings (SSSR count). The van der Waals surface area contributed by atoms with Gasteiger partial charge in [0.1, 0.15) is 0 Å². The van der Waals surface area contributed by atoms with Gasteiger partial charge in [-0.3, -0.25) is 19.3 Å². The highest BCUT2D eigenvalue weighted by Crippen LogP contribution is 2.45. The number of fused-ring (bicyclic) bond motifs is 1. The van der Waals surface area contributed by atoms with Crippen molar-refractivity contribution >= 4 is 35.1 Å². The quantitative estimate of drug-likeness (QED) is 0.365. The average molecular weight is 511 g/mol. The summed E-state index contributed by atoms with van der Waals surface area (Å²) in [5, 5.41) is 2.78. The summed E-state index contributed by atoms with van der Waals surface area (Å²) in [5.41, 5.74) is 4.22. The van der Waals surface area contributed by atoms with Gasteiger partial charge in [-0.05, 0) is 73.9 Å². The second-order valence-electron chi connectivity index (χ2n) is 10.1. The van der Waals surface area contributed by atoms with Crippen molar-refractivity contribution < 1.29 is 23.9 Å². The van der Waals surface area contributed by atoms with Gasteiger partial charge in [0.15, 0.2) is 6.61 Å². The number of benzene rings is 3. The van der Waals surface area contributed by atoms with Crippen LogP contribution >= 0.6 is 0 Å². The van der Waals surface area contributed by atoms with Crippen LogP contribution in [0.4, 0.5) is 11.4 Å². The molecule has 0 aromatic heterocycles. The average Bonchev–Trinajstić information content (AvgIpc) is 3.19. The van der Waals surface area contributed by atoms with Crippen LogP contribution in [0.2, 0.25) is 0 Å². The molecule has 0 unspecified atom stereocenters. The summed E-state index contributed by atoms with van der Waals surface area (Å²) in [6.07, 6.45) is 2.14. The zero-order chi connectivity index (χ0) is 26.8. The molecule has 1 aliphatic heterocycles. The number of ether oxygens (including phenoxy) is 1. The van der Waals surface area contributed by atoms with Gasteiger partial charge in [0.25, 0.3) is 5.91 Å². The molecule has 1 aliphatic carbocycles. The zero-order valence-corrected chi connectivity index (χ0v) is 21.5. The molecular formula is C31H30N2O5. The highest BCUT2D eigenvalue weighted by atomic mass is 16.5. The van der Waals surface area contributed by atoms with Gasteiger partial charge in [0, 0.05) is 5.69 Å². The molecule has 0 radical (unpaired) electrons. The number of aryl methyl sites for hydroxylation is 2. The van der Waals surface area contributed by atoms with E-state index in [9.17, 15) is 19.2 Å². The predicted octanol–water partition coefficient (Wildman–Crippen LogP) is 5.17. The maximum Gasteiger partial charge on any atom is 0.338 e. The lowest BCUT2D eigenvalue weighted by molar-refractivity contribution is -0.122. The molecule has 3 aromatic carbocycles. The largest absolute Gasteiger partial charge is 0.452 e. The third-order valence-electron chi connectivity index (χ3n) is 7.62. The summed E-state index contributed by atoms with van der Waals surface area (Å²) < 4.78 is 5.23. The van der Waals surface area contributed by atoms with Gasteiger partial charge in [0.05, 0.1) is 23.1 Å². The Morgan fingerprint density at radius 2 is 1.55 bits per heavy atom. The Balaban J connectivity index is 1.25. The second kappa shape index (κ2) is 10.6. The molecule has 194 valence electrons. The van der Waals surface area contributed by atoms with Gasteiger partial charge in [-0.1, -0.05) is 54.6 Å². The predicted molar refractivity (Wildman–Crippen MR) is 144 cm³/mol. The molecule has 3 amide bonds. The number of carbonyl (C=O) groups is 4. The van der Waals surface area contributed by atoms with Crippen LogP contribution in [-0.2, 0) is 19.1 Å². The lowest BCUT2D eigenvalue weighted by Gasteiger charge is -2.28. The van der Waals surface area contributed by atoms with Crippen molar-refractivity contribution in [1.82, 2.24) is 0 Å². The van der Waals surface area contributed by atoms with Crippen molar-refractivity contribution in [3.8, 4) is 0 Å². The number of anilines is 2. The number of nitrogens with zero attached hydrogens (tertiary/aromatic N) is 1. The Morgan fingerprint density at radius 3 is 2.29 bits per heavy atom. The Kier molecular flexibility index (Phi) is 7.09. The van der Waals surface area contributed by atoms with E-state index in [0.717, 1.165) is 17.5 Å². The summed E-state index contributed by atoms with van der Waals surface area (Å²) >= 11 is 0. The fourth-order valence-corrected chi connectivity index (χ4v) is 5.64. The molecule has 1 saturated carbocycles. The van der Waals surface area contributed by atoms with Crippen LogP contribution in [0.25, 0.3) is 0 Å². The number of amides is 3. The van der Waals surface area contributed by atoms with E-state index >= 15 is 0 Å². The first-order chi connectivity index (χ1) is 18.3. The van der Waals surface area contributed by atoms with Crippen LogP contribution in [0.5, 0.6) is 0 Å². The number of hydrogen-bond acceptors (Lipinski definition) is 5. The molecule has 1 heterocycles. The number of nitrogens with one attached hydrogen (secondary N) is 1. The number of rotatable bonds is 6. The summed E-state index contributed by atoms with van der Waals surface area (Å²) in [4.78, 5) is 53.0. The van der Waals surface area contributed by atoms with Crippen LogP contribution in [0.3, 0.4) is 0 Å². The van der Waals surface area contributed by atoms with Crippen molar-refractivity contribution in [3.63, 3.8) is 0 Å². The van der Waals surface area contributed by atoms with E-state index in [4.69, 9.17) is 4.74 Å². The lowest BCUT2D eigenvalue weighted by Crippen LogP contribution is -2.31. The van der Waals surface area contributed by atoms with Gasteiger partial charge in [0.2, 0.25) is 11.8 Å². The minimum absolute atomic E-state index is 0.167. The molecule has 38 heavy (non-hydrogen) atoms. The van der Waals surface area contributed by atoms with E-state index in [0.29, 0.717) is 24.2 Å². The monoisotopic (exact) mass is 510 g/mol. The Hall–Kier alpha value is -4.26. The molecule has 2 fully saturated rings. The normalized spacial score (nSPS) is 20.7. The van der Waals surface area contributed by atoms with Crippen LogP contribution in [0, 0.1) is 25.7 Å². The molecule has 0 bridgehead atoms. The van der Waals surface area contributed by atoms with Crippen molar-refractivity contribution in [2.75, 3.05) is 16.8 Å². The summed E-state index contributed by atoms with van der Waals surface area (Å²) in [7, 11) is 0. The van der Waals surface area contributed by atoms with Crippen LogP contribution in [0.15, 0.2) is 72.8 Å². The highest BCUT2D eigenvalue weighted by Gasteiger charge is 2.50. The number of hydrogen-bond donors (Lipinski definition) is 1. The highest BCUT2D eigenvalue weighted by molar-refractivity contribution is 6.22. The maximum atomic E-state index is 13.4. The number of esters is 1. The fourth-order valence-electron chi connectivity index (χ4n) is 5.64. The first-order valence-corrected chi connectivity index (χ1v) is 12.9. The standard InChI is InChI=1S/C31H30N2O5/c1-19-8-6-9-20(2)28(19)32-27(34)18-38-31(37)23-12-7-13-24(16-23)33-29(35)25-15-14-22(17-26(25)30(33)36)21-10-4-3-5-11-21/h3-13,16,22,25-26H,14-15,17-18H2,1-2H3,(H,32,34)/t22-,25-,26-/m1/s1. The zero-order valence-electron chi connectivity index (χ0n) is 21.5. The molecule has 0 spiro atoms. The fraction of sp³-hybridized carbons (Fsp3) is 0.290. The molecular weight excluding hydrogens is 480 g/mol. The van der Waals surface area contributed by atoms with Crippen molar-refractivity contribution in [3.05, 3.63) is 95.1 Å². The molecule has 3 atom stereocenters. The topological polar surface area (TPSA) is 92.8 Å². The van der Waals surface area contributed by atoms with E-state index in [1.54, 1.807) is 18.2 Å². The summed E-state index contributed by atoms with van der Waals surface area (Å²) in [5.74, 6) is -2.07. The van der Waals surface area contributed by atoms with Gasteiger partial charge in [-0.2, -0.15) is 0 Å². The van der Waals surface area contributed by atoms with Gasteiger partial charge >= 0.3 is 5.97 Å². The lowest BCUT2D eigenvalue weighted by atomic mass is 9.73. The Bertz CT molecular complexity index is 1380. The van der Waals surface area contributed by atoms with Crippen molar-refractivity contribution in [2.45, 2.75) is 39.0 Å². The van der Waals surface area contributed by atoms with E-state index in [2.05, 4.69) is 17.4 Å². The Labute approximate surface area is 221 Å². The Morgan fingerprint density at radius 1 is 0.868 bits per heavy atom. The molecule has 3 aromatic rings. The van der Waals surface area contributed by atoms with Crippen molar-refractivity contribution in [1.29, 1.82) is 0 Å².